The second kappa shape index (κ2) is 6.19. The number of carbonyl (C=O) groups is 1. The SMILES string of the molecule is CCN1CCC(C2(CC=O)Nc3cc(Cl)ccc3S2)CC1. The highest BCUT2D eigenvalue weighted by atomic mass is 35.5. The molecule has 0 aromatic heterocycles. The van der Waals surface area contributed by atoms with Crippen molar-refractivity contribution in [3.63, 3.8) is 0 Å². The predicted octanol–water partition coefficient (Wildman–Crippen LogP) is 3.87. The van der Waals surface area contributed by atoms with Gasteiger partial charge in [0.25, 0.3) is 0 Å². The van der Waals surface area contributed by atoms with E-state index in [0.717, 1.165) is 49.5 Å². The van der Waals surface area contributed by atoms with Gasteiger partial charge in [0, 0.05) is 16.3 Å². The highest BCUT2D eigenvalue weighted by Gasteiger charge is 2.45. The fourth-order valence-corrected chi connectivity index (χ4v) is 5.06. The number of benzene rings is 1. The zero-order valence-electron chi connectivity index (χ0n) is 12.3. The number of hydrogen-bond acceptors (Lipinski definition) is 4. The Hall–Kier alpha value is -0.710. The van der Waals surface area contributed by atoms with Gasteiger partial charge in [-0.3, -0.25) is 0 Å². The third kappa shape index (κ3) is 2.94. The molecule has 1 aromatic rings. The smallest absolute Gasteiger partial charge is 0.123 e. The van der Waals surface area contributed by atoms with E-state index < -0.39 is 0 Å². The largest absolute Gasteiger partial charge is 0.369 e. The van der Waals surface area contributed by atoms with Crippen LogP contribution in [-0.2, 0) is 4.79 Å². The normalized spacial score (nSPS) is 26.4. The van der Waals surface area contributed by atoms with Gasteiger partial charge in [0.05, 0.1) is 10.6 Å². The molecule has 1 aromatic carbocycles. The van der Waals surface area contributed by atoms with Crippen molar-refractivity contribution in [1.29, 1.82) is 0 Å². The van der Waals surface area contributed by atoms with E-state index in [4.69, 9.17) is 11.6 Å². The minimum absolute atomic E-state index is 0.186. The van der Waals surface area contributed by atoms with Gasteiger partial charge < -0.3 is 15.0 Å². The van der Waals surface area contributed by atoms with Gasteiger partial charge in [-0.25, -0.2) is 0 Å². The summed E-state index contributed by atoms with van der Waals surface area (Å²) in [6, 6.07) is 5.95. The molecule has 0 amide bonds. The first kappa shape index (κ1) is 15.2. The Kier molecular flexibility index (Phi) is 4.48. The molecule has 2 heterocycles. The quantitative estimate of drug-likeness (QED) is 0.852. The summed E-state index contributed by atoms with van der Waals surface area (Å²) in [5.41, 5.74) is 1.08. The second-order valence-electron chi connectivity index (χ2n) is 5.84. The van der Waals surface area contributed by atoms with Crippen molar-refractivity contribution in [3.05, 3.63) is 23.2 Å². The Morgan fingerprint density at radius 3 is 2.90 bits per heavy atom. The minimum Gasteiger partial charge on any atom is -0.369 e. The number of aldehydes is 1. The number of piperidine rings is 1. The molecule has 1 N–H and O–H groups in total. The Morgan fingerprint density at radius 1 is 1.48 bits per heavy atom. The van der Waals surface area contributed by atoms with E-state index in [1.165, 1.54) is 4.90 Å². The summed E-state index contributed by atoms with van der Waals surface area (Å²) < 4.78 is 0. The molecule has 3 nitrogen and oxygen atoms in total. The van der Waals surface area contributed by atoms with Gasteiger partial charge in [-0.1, -0.05) is 30.3 Å². The summed E-state index contributed by atoms with van der Waals surface area (Å²) in [6.07, 6.45) is 3.88. The lowest BCUT2D eigenvalue weighted by Crippen LogP contribution is -2.46. The topological polar surface area (TPSA) is 32.3 Å². The Labute approximate surface area is 135 Å². The number of halogens is 1. The van der Waals surface area contributed by atoms with Crippen LogP contribution in [0.5, 0.6) is 0 Å². The molecular formula is C16H21ClN2OS. The van der Waals surface area contributed by atoms with Crippen molar-refractivity contribution in [2.45, 2.75) is 36.0 Å². The van der Waals surface area contributed by atoms with Crippen LogP contribution in [0.25, 0.3) is 0 Å². The van der Waals surface area contributed by atoms with Crippen LogP contribution in [0.2, 0.25) is 5.02 Å². The van der Waals surface area contributed by atoms with Crippen molar-refractivity contribution in [1.82, 2.24) is 4.90 Å². The summed E-state index contributed by atoms with van der Waals surface area (Å²) >= 11 is 7.90. The molecule has 0 bridgehead atoms. The zero-order chi connectivity index (χ0) is 14.9. The number of thioether (sulfide) groups is 1. The number of nitrogens with zero attached hydrogens (tertiary/aromatic N) is 1. The maximum Gasteiger partial charge on any atom is 0.123 e. The van der Waals surface area contributed by atoms with Gasteiger partial charge in [0.2, 0.25) is 0 Å². The highest BCUT2D eigenvalue weighted by molar-refractivity contribution is 8.01. The van der Waals surface area contributed by atoms with Crippen LogP contribution in [0.4, 0.5) is 5.69 Å². The molecule has 21 heavy (non-hydrogen) atoms. The Morgan fingerprint density at radius 2 is 2.24 bits per heavy atom. The van der Waals surface area contributed by atoms with Crippen molar-refractivity contribution < 1.29 is 4.79 Å². The van der Waals surface area contributed by atoms with Crippen LogP contribution in [0.15, 0.2) is 23.1 Å². The first-order valence-corrected chi connectivity index (χ1v) is 8.79. The molecule has 1 atom stereocenters. The number of likely N-dealkylation sites (tertiary alicyclic amines) is 1. The fourth-order valence-electron chi connectivity index (χ4n) is 3.42. The molecule has 5 heteroatoms. The molecule has 0 saturated carbocycles. The van der Waals surface area contributed by atoms with Crippen LogP contribution in [0, 0.1) is 5.92 Å². The van der Waals surface area contributed by atoms with Crippen LogP contribution < -0.4 is 5.32 Å². The summed E-state index contributed by atoms with van der Waals surface area (Å²) in [5.74, 6) is 0.515. The van der Waals surface area contributed by atoms with Gasteiger partial charge in [0.1, 0.15) is 6.29 Å². The first-order chi connectivity index (χ1) is 10.2. The lowest BCUT2D eigenvalue weighted by Gasteiger charge is -2.41. The molecular weight excluding hydrogens is 304 g/mol. The van der Waals surface area contributed by atoms with Crippen LogP contribution >= 0.6 is 23.4 Å². The summed E-state index contributed by atoms with van der Waals surface area (Å²) in [7, 11) is 0. The molecule has 2 aliphatic heterocycles. The highest BCUT2D eigenvalue weighted by Crippen LogP contribution is 2.53. The molecule has 0 radical (unpaired) electrons. The summed E-state index contributed by atoms with van der Waals surface area (Å²) in [5, 5.41) is 4.36. The van der Waals surface area contributed by atoms with E-state index in [1.807, 2.05) is 23.9 Å². The lowest BCUT2D eigenvalue weighted by molar-refractivity contribution is -0.108. The van der Waals surface area contributed by atoms with E-state index in [0.29, 0.717) is 12.3 Å². The van der Waals surface area contributed by atoms with E-state index in [2.05, 4.69) is 23.2 Å². The first-order valence-electron chi connectivity index (χ1n) is 7.59. The number of fused-ring (bicyclic) bond motifs is 1. The van der Waals surface area contributed by atoms with Gasteiger partial charge in [0.15, 0.2) is 0 Å². The monoisotopic (exact) mass is 324 g/mol. The maximum absolute atomic E-state index is 11.3. The number of nitrogens with one attached hydrogen (secondary N) is 1. The van der Waals surface area contributed by atoms with Crippen LogP contribution in [0.1, 0.15) is 26.2 Å². The molecule has 0 spiro atoms. The summed E-state index contributed by atoms with van der Waals surface area (Å²) in [4.78, 5) is 14.8. The fraction of sp³-hybridized carbons (Fsp3) is 0.562. The standard InChI is InChI=1S/C16H21ClN2OS/c1-2-19-8-5-12(6-9-19)16(7-10-20)18-14-11-13(17)3-4-15(14)21-16/h3-4,10-12,18H,2,5-9H2,1H3. The predicted molar refractivity (Wildman–Crippen MR) is 89.2 cm³/mol. The Bertz CT molecular complexity index is 531. The lowest BCUT2D eigenvalue weighted by atomic mass is 9.87. The molecule has 2 aliphatic rings. The number of hydrogen-bond donors (Lipinski definition) is 1. The van der Waals surface area contributed by atoms with Crippen molar-refractivity contribution in [3.8, 4) is 0 Å². The molecule has 1 fully saturated rings. The number of rotatable bonds is 4. The van der Waals surface area contributed by atoms with Crippen molar-refractivity contribution >= 4 is 35.3 Å². The number of anilines is 1. The average molecular weight is 325 g/mol. The van der Waals surface area contributed by atoms with Gasteiger partial charge >= 0.3 is 0 Å². The van der Waals surface area contributed by atoms with E-state index in [-0.39, 0.29) is 4.87 Å². The van der Waals surface area contributed by atoms with Crippen LogP contribution in [0.3, 0.4) is 0 Å². The van der Waals surface area contributed by atoms with Crippen molar-refractivity contribution in [2.24, 2.45) is 5.92 Å². The van der Waals surface area contributed by atoms with Gasteiger partial charge in [-0.2, -0.15) is 0 Å². The third-order valence-electron chi connectivity index (χ3n) is 4.66. The molecule has 114 valence electrons. The maximum atomic E-state index is 11.3. The molecule has 0 aliphatic carbocycles. The van der Waals surface area contributed by atoms with Crippen LogP contribution in [-0.4, -0.2) is 35.7 Å². The zero-order valence-corrected chi connectivity index (χ0v) is 13.8. The van der Waals surface area contributed by atoms with E-state index in [9.17, 15) is 4.79 Å². The van der Waals surface area contributed by atoms with Gasteiger partial charge in [-0.05, 0) is 56.6 Å². The Balaban J connectivity index is 1.81. The average Bonchev–Trinajstić information content (AvgIpc) is 2.86. The third-order valence-corrected chi connectivity index (χ3v) is 6.44. The van der Waals surface area contributed by atoms with E-state index in [1.54, 1.807) is 0 Å². The second-order valence-corrected chi connectivity index (χ2v) is 7.65. The minimum atomic E-state index is -0.186. The van der Waals surface area contributed by atoms with Gasteiger partial charge in [-0.15, -0.1) is 0 Å². The number of carbonyl (C=O) groups excluding carboxylic acids is 1. The molecule has 3 rings (SSSR count). The molecule has 1 saturated heterocycles. The van der Waals surface area contributed by atoms with E-state index >= 15 is 0 Å². The van der Waals surface area contributed by atoms with Crippen molar-refractivity contribution in [2.75, 3.05) is 25.0 Å². The molecule has 1 unspecified atom stereocenters. The summed E-state index contributed by atoms with van der Waals surface area (Å²) in [6.45, 7) is 5.58.